The molecule has 0 spiro atoms. The molecule has 2 saturated heterocycles. The molecular weight excluding hydrogens is 625 g/mol. The second kappa shape index (κ2) is 12.5. The van der Waals surface area contributed by atoms with Gasteiger partial charge in [0.15, 0.2) is 12.0 Å². The number of likely N-dealkylation sites (tertiary alicyclic amines) is 1. The maximum Gasteiger partial charge on any atom is 0.417 e. The molecule has 1 aromatic carbocycles. The first-order valence-corrected chi connectivity index (χ1v) is 14.9. The highest BCUT2D eigenvalue weighted by atomic mass is 19.4. The minimum Gasteiger partial charge on any atom is -0.462 e. The molecule has 0 saturated carbocycles. The van der Waals surface area contributed by atoms with E-state index in [1.807, 2.05) is 9.80 Å². The van der Waals surface area contributed by atoms with Gasteiger partial charge in [0.2, 0.25) is 0 Å². The second-order valence-corrected chi connectivity index (χ2v) is 11.8. The monoisotopic (exact) mass is 657 g/mol. The van der Waals surface area contributed by atoms with Crippen molar-refractivity contribution in [2.75, 3.05) is 50.5 Å². The fraction of sp³-hybridized carbons (Fsp3) is 0.419. The lowest BCUT2D eigenvalue weighted by atomic mass is 9.98. The number of likely N-dealkylation sites (N-methyl/N-ethyl adjacent to an activating group) is 1. The fourth-order valence-electron chi connectivity index (χ4n) is 6.40. The Labute approximate surface area is 266 Å². The van der Waals surface area contributed by atoms with Gasteiger partial charge in [-0.1, -0.05) is 6.58 Å². The number of nitriles is 1. The first kappa shape index (κ1) is 32.4. The van der Waals surface area contributed by atoms with E-state index in [2.05, 4.69) is 22.6 Å². The van der Waals surface area contributed by atoms with Gasteiger partial charge in [0.1, 0.15) is 29.8 Å². The maximum absolute atomic E-state index is 14.2. The van der Waals surface area contributed by atoms with Gasteiger partial charge in [0, 0.05) is 61.9 Å². The van der Waals surface area contributed by atoms with Gasteiger partial charge >= 0.3 is 12.2 Å². The van der Waals surface area contributed by atoms with Crippen molar-refractivity contribution in [3.8, 4) is 23.2 Å². The van der Waals surface area contributed by atoms with Crippen LogP contribution in [0.3, 0.4) is 0 Å². The van der Waals surface area contributed by atoms with E-state index in [1.54, 1.807) is 17.6 Å². The third-order valence-electron chi connectivity index (χ3n) is 8.71. The molecule has 3 aromatic heterocycles. The number of anilines is 2. The van der Waals surface area contributed by atoms with Crippen molar-refractivity contribution in [3.05, 3.63) is 54.6 Å². The van der Waals surface area contributed by atoms with E-state index in [0.717, 1.165) is 6.07 Å². The number of piperazine rings is 1. The zero-order valence-corrected chi connectivity index (χ0v) is 25.3. The van der Waals surface area contributed by atoms with Crippen molar-refractivity contribution < 1.29 is 31.8 Å². The predicted octanol–water partition coefficient (Wildman–Crippen LogP) is 4.17. The van der Waals surface area contributed by atoms with Crippen LogP contribution in [0, 0.1) is 11.3 Å². The number of hydrogen-bond donors (Lipinski definition) is 2. The number of pyridine rings is 1. The van der Waals surface area contributed by atoms with Gasteiger partial charge in [-0.25, -0.2) is 13.8 Å². The number of hydrogen-bond acceptors (Lipinski definition) is 10. The van der Waals surface area contributed by atoms with Gasteiger partial charge in [-0.3, -0.25) is 14.2 Å². The van der Waals surface area contributed by atoms with Crippen LogP contribution in [0.15, 0.2) is 49.1 Å². The van der Waals surface area contributed by atoms with Crippen LogP contribution in [-0.4, -0.2) is 98.6 Å². The number of halogens is 5. The number of alkyl halides is 4. The Morgan fingerprint density at radius 1 is 1.19 bits per heavy atom. The second-order valence-electron chi connectivity index (χ2n) is 11.8. The number of imidazole rings is 1. The lowest BCUT2D eigenvalue weighted by molar-refractivity contribution is -0.137. The standard InChI is InChI=1S/C31H32F5N9O2/c1-17(32)29(46)44-10-9-43(15-20(44)5-6-37)28-26-25(40-30(41-28)47-16-21-11-18(33)14-42(21)2)13-23(27-39-7-8-45(26)27)22-12-19(38)3-4-24(22)31(34,35)36/h3-4,7-8,12-13,18,20-21,29,46H,1,5,9-11,14-16,38H2,2H3/t18-,20+,21+,29?/m1/s1. The van der Waals surface area contributed by atoms with Crippen LogP contribution >= 0.6 is 0 Å². The third kappa shape index (κ3) is 6.25. The van der Waals surface area contributed by atoms with Crippen LogP contribution in [0.5, 0.6) is 6.01 Å². The minimum absolute atomic E-state index is 0.0497. The number of aromatic nitrogens is 4. The van der Waals surface area contributed by atoms with Gasteiger partial charge in [-0.15, -0.1) is 0 Å². The maximum atomic E-state index is 14.2. The Morgan fingerprint density at radius 3 is 2.66 bits per heavy atom. The number of fused-ring (bicyclic) bond motifs is 3. The lowest BCUT2D eigenvalue weighted by Gasteiger charge is -2.42. The Morgan fingerprint density at radius 2 is 1.98 bits per heavy atom. The summed E-state index contributed by atoms with van der Waals surface area (Å²) in [6.07, 6.45) is -4.10. The Kier molecular flexibility index (Phi) is 8.64. The van der Waals surface area contributed by atoms with Crippen LogP contribution in [0.4, 0.5) is 33.5 Å². The Balaban J connectivity index is 1.51. The molecule has 0 aliphatic carbocycles. The van der Waals surface area contributed by atoms with Gasteiger partial charge in [0.05, 0.1) is 23.6 Å². The molecule has 11 nitrogen and oxygen atoms in total. The molecule has 47 heavy (non-hydrogen) atoms. The molecule has 0 radical (unpaired) electrons. The Hall–Kier alpha value is -4.59. The summed E-state index contributed by atoms with van der Waals surface area (Å²) in [4.78, 5) is 18.8. The minimum atomic E-state index is -4.70. The van der Waals surface area contributed by atoms with E-state index in [0.29, 0.717) is 11.3 Å². The molecule has 248 valence electrons. The van der Waals surface area contributed by atoms with Crippen molar-refractivity contribution >= 4 is 28.2 Å². The number of aliphatic hydroxyl groups is 1. The van der Waals surface area contributed by atoms with E-state index in [9.17, 15) is 32.3 Å². The van der Waals surface area contributed by atoms with E-state index in [1.165, 1.54) is 29.3 Å². The summed E-state index contributed by atoms with van der Waals surface area (Å²) in [5.74, 6) is -0.633. The predicted molar refractivity (Wildman–Crippen MR) is 164 cm³/mol. The van der Waals surface area contributed by atoms with E-state index in [-0.39, 0.29) is 85.7 Å². The lowest BCUT2D eigenvalue weighted by Crippen LogP contribution is -2.57. The highest BCUT2D eigenvalue weighted by Gasteiger charge is 2.37. The summed E-state index contributed by atoms with van der Waals surface area (Å²) in [5.41, 5.74) is 5.89. The number of rotatable bonds is 8. The Bertz CT molecular complexity index is 1860. The fourth-order valence-corrected chi connectivity index (χ4v) is 6.40. The molecule has 6 rings (SSSR count). The molecule has 5 heterocycles. The number of ether oxygens (including phenoxy) is 1. The summed E-state index contributed by atoms with van der Waals surface area (Å²) in [6, 6.07) is 5.91. The topological polar surface area (TPSA) is 132 Å². The molecule has 16 heteroatoms. The molecule has 1 unspecified atom stereocenters. The molecule has 0 amide bonds. The van der Waals surface area contributed by atoms with Gasteiger partial charge in [-0.2, -0.15) is 28.4 Å². The largest absolute Gasteiger partial charge is 0.462 e. The summed E-state index contributed by atoms with van der Waals surface area (Å²) >= 11 is 0. The van der Waals surface area contributed by atoms with Crippen molar-refractivity contribution in [1.82, 2.24) is 29.2 Å². The van der Waals surface area contributed by atoms with Gasteiger partial charge < -0.3 is 20.5 Å². The SMILES string of the molecule is C=C(F)C(O)N1CCN(c2nc(OC[C@@H]3C[C@@H](F)CN3C)nc3cc(-c4cc(N)ccc4C(F)(F)F)c4nccn4c23)C[C@@H]1CC#N. The molecular formula is C31H32F5N9O2. The first-order chi connectivity index (χ1) is 22.3. The van der Waals surface area contributed by atoms with Gasteiger partial charge in [-0.05, 0) is 43.3 Å². The zero-order valence-electron chi connectivity index (χ0n) is 25.3. The third-order valence-corrected chi connectivity index (χ3v) is 8.71. The molecule has 2 aliphatic rings. The van der Waals surface area contributed by atoms with Crippen molar-refractivity contribution in [2.45, 2.75) is 43.5 Å². The van der Waals surface area contributed by atoms with Gasteiger partial charge in [0.25, 0.3) is 0 Å². The highest BCUT2D eigenvalue weighted by Crippen LogP contribution is 2.41. The van der Waals surface area contributed by atoms with Crippen LogP contribution in [0.25, 0.3) is 27.8 Å². The quantitative estimate of drug-likeness (QED) is 0.210. The van der Waals surface area contributed by atoms with E-state index < -0.39 is 36.0 Å². The molecule has 4 atom stereocenters. The van der Waals surface area contributed by atoms with Crippen LogP contribution in [0.2, 0.25) is 0 Å². The summed E-state index contributed by atoms with van der Waals surface area (Å²) in [6.45, 7) is 3.99. The number of nitrogens with two attached hydrogens (primary N) is 1. The van der Waals surface area contributed by atoms with E-state index in [4.69, 9.17) is 15.5 Å². The first-order valence-electron chi connectivity index (χ1n) is 14.9. The molecule has 3 N–H and O–H groups in total. The van der Waals surface area contributed by atoms with Crippen LogP contribution in [0.1, 0.15) is 18.4 Å². The molecule has 4 aromatic rings. The van der Waals surface area contributed by atoms with Crippen molar-refractivity contribution in [2.24, 2.45) is 0 Å². The summed E-state index contributed by atoms with van der Waals surface area (Å²) < 4.78 is 78.2. The summed E-state index contributed by atoms with van der Waals surface area (Å²) in [5, 5.41) is 20.0. The van der Waals surface area contributed by atoms with Crippen molar-refractivity contribution in [3.63, 3.8) is 0 Å². The van der Waals surface area contributed by atoms with E-state index >= 15 is 0 Å². The average Bonchev–Trinajstić information content (AvgIpc) is 3.64. The number of aliphatic hydroxyl groups excluding tert-OH is 1. The summed E-state index contributed by atoms with van der Waals surface area (Å²) in [7, 11) is 1.78. The smallest absolute Gasteiger partial charge is 0.417 e. The highest BCUT2D eigenvalue weighted by molar-refractivity contribution is 5.96. The average molecular weight is 658 g/mol. The van der Waals surface area contributed by atoms with Crippen LogP contribution < -0.4 is 15.4 Å². The van der Waals surface area contributed by atoms with Crippen molar-refractivity contribution in [1.29, 1.82) is 5.26 Å². The molecule has 2 aliphatic heterocycles. The van der Waals surface area contributed by atoms with Crippen LogP contribution in [-0.2, 0) is 6.18 Å². The molecule has 2 fully saturated rings. The number of nitrogens with zero attached hydrogens (tertiary/aromatic N) is 8. The number of benzene rings is 1. The normalized spacial score (nSPS) is 21.7. The zero-order chi connectivity index (χ0) is 33.6. The molecule has 0 bridgehead atoms. The number of nitrogen functional groups attached to an aromatic ring is 1.